The van der Waals surface area contributed by atoms with E-state index in [2.05, 4.69) is 11.8 Å². The van der Waals surface area contributed by atoms with E-state index in [0.29, 0.717) is 25.3 Å². The number of nitrogens with two attached hydrogens (primary N) is 1. The third-order valence-electron chi connectivity index (χ3n) is 3.08. The average Bonchev–Trinajstić information content (AvgIpc) is 2.45. The topological polar surface area (TPSA) is 55.6 Å². The molecule has 1 amide bonds. The number of hydrogen-bond donors (Lipinski definition) is 1. The second-order valence-electron chi connectivity index (χ2n) is 4.56. The Morgan fingerprint density at radius 1 is 1.45 bits per heavy atom. The van der Waals surface area contributed by atoms with Gasteiger partial charge in [-0.1, -0.05) is 17.9 Å². The van der Waals surface area contributed by atoms with Gasteiger partial charge in [-0.25, -0.2) is 0 Å². The van der Waals surface area contributed by atoms with Gasteiger partial charge in [0.1, 0.15) is 0 Å². The molecule has 0 spiro atoms. The first-order valence-electron chi connectivity index (χ1n) is 6.64. The predicted molar refractivity (Wildman–Crippen MR) is 80.6 cm³/mol. The SMILES string of the molecule is COCCCN(C)C(=O)c1cccc(C#CCN)c1C. The van der Waals surface area contributed by atoms with Crippen LogP contribution in [0.1, 0.15) is 27.9 Å². The molecule has 0 aromatic heterocycles. The van der Waals surface area contributed by atoms with Crippen molar-refractivity contribution in [1.82, 2.24) is 4.90 Å². The highest BCUT2D eigenvalue weighted by Gasteiger charge is 2.14. The smallest absolute Gasteiger partial charge is 0.253 e. The maximum absolute atomic E-state index is 12.4. The van der Waals surface area contributed by atoms with Gasteiger partial charge in [0.15, 0.2) is 0 Å². The zero-order chi connectivity index (χ0) is 15.0. The van der Waals surface area contributed by atoms with Gasteiger partial charge in [-0.15, -0.1) is 0 Å². The highest BCUT2D eigenvalue weighted by molar-refractivity contribution is 5.96. The van der Waals surface area contributed by atoms with Crippen LogP contribution in [-0.4, -0.2) is 44.7 Å². The molecule has 2 N–H and O–H groups in total. The van der Waals surface area contributed by atoms with Gasteiger partial charge < -0.3 is 15.4 Å². The molecule has 0 fully saturated rings. The van der Waals surface area contributed by atoms with E-state index in [1.54, 1.807) is 19.1 Å². The predicted octanol–water partition coefficient (Wildman–Crippen LogP) is 1.41. The summed E-state index contributed by atoms with van der Waals surface area (Å²) in [7, 11) is 3.46. The fourth-order valence-corrected chi connectivity index (χ4v) is 1.90. The second kappa shape index (κ2) is 8.36. The maximum Gasteiger partial charge on any atom is 0.253 e. The van der Waals surface area contributed by atoms with Crippen LogP contribution in [0.4, 0.5) is 0 Å². The van der Waals surface area contributed by atoms with Crippen LogP contribution in [0.15, 0.2) is 18.2 Å². The van der Waals surface area contributed by atoms with Crippen LogP contribution in [0.25, 0.3) is 0 Å². The van der Waals surface area contributed by atoms with Crippen molar-refractivity contribution in [2.24, 2.45) is 5.73 Å². The van der Waals surface area contributed by atoms with E-state index in [1.807, 2.05) is 25.1 Å². The number of ether oxygens (including phenoxy) is 1. The largest absolute Gasteiger partial charge is 0.385 e. The minimum atomic E-state index is 0.00926. The molecule has 0 saturated carbocycles. The van der Waals surface area contributed by atoms with E-state index in [4.69, 9.17) is 10.5 Å². The number of benzene rings is 1. The molecule has 0 aliphatic heterocycles. The highest BCUT2D eigenvalue weighted by Crippen LogP contribution is 2.15. The summed E-state index contributed by atoms with van der Waals surface area (Å²) in [5.41, 5.74) is 7.82. The normalized spacial score (nSPS) is 9.80. The quantitative estimate of drug-likeness (QED) is 0.652. The van der Waals surface area contributed by atoms with Gasteiger partial charge in [-0.2, -0.15) is 0 Å². The first-order chi connectivity index (χ1) is 9.61. The van der Waals surface area contributed by atoms with Crippen molar-refractivity contribution in [3.63, 3.8) is 0 Å². The minimum absolute atomic E-state index is 0.00926. The molecule has 0 atom stereocenters. The molecule has 0 radical (unpaired) electrons. The first-order valence-corrected chi connectivity index (χ1v) is 6.64. The Hall–Kier alpha value is -1.83. The van der Waals surface area contributed by atoms with Crippen LogP contribution in [0.2, 0.25) is 0 Å². The fraction of sp³-hybridized carbons (Fsp3) is 0.438. The summed E-state index contributed by atoms with van der Waals surface area (Å²) in [5, 5.41) is 0. The molecule has 0 aliphatic rings. The number of nitrogens with zero attached hydrogens (tertiary/aromatic N) is 1. The Morgan fingerprint density at radius 2 is 2.20 bits per heavy atom. The Morgan fingerprint density at radius 3 is 2.85 bits per heavy atom. The third kappa shape index (κ3) is 4.37. The lowest BCUT2D eigenvalue weighted by molar-refractivity contribution is 0.0778. The van der Waals surface area contributed by atoms with Crippen LogP contribution < -0.4 is 5.73 Å². The van der Waals surface area contributed by atoms with Gasteiger partial charge in [0.2, 0.25) is 0 Å². The first kappa shape index (κ1) is 16.2. The molecule has 0 unspecified atom stereocenters. The summed E-state index contributed by atoms with van der Waals surface area (Å²) in [6.45, 7) is 3.55. The van der Waals surface area contributed by atoms with Gasteiger partial charge in [0.05, 0.1) is 6.54 Å². The summed E-state index contributed by atoms with van der Waals surface area (Å²) in [6.07, 6.45) is 0.824. The Balaban J connectivity index is 2.87. The van der Waals surface area contributed by atoms with Crippen LogP contribution in [0.3, 0.4) is 0 Å². The number of hydrogen-bond acceptors (Lipinski definition) is 3. The van der Waals surface area contributed by atoms with E-state index < -0.39 is 0 Å². The average molecular weight is 274 g/mol. The van der Waals surface area contributed by atoms with Crippen LogP contribution in [0, 0.1) is 18.8 Å². The molecule has 1 aromatic rings. The molecule has 4 nitrogen and oxygen atoms in total. The molecule has 0 heterocycles. The number of carbonyl (C=O) groups is 1. The van der Waals surface area contributed by atoms with E-state index in [-0.39, 0.29) is 5.91 Å². The summed E-state index contributed by atoms with van der Waals surface area (Å²) in [6, 6.07) is 5.58. The second-order valence-corrected chi connectivity index (χ2v) is 4.56. The van der Waals surface area contributed by atoms with Crippen LogP contribution >= 0.6 is 0 Å². The lowest BCUT2D eigenvalue weighted by atomic mass is 10.0. The molecule has 20 heavy (non-hydrogen) atoms. The summed E-state index contributed by atoms with van der Waals surface area (Å²) >= 11 is 0. The van der Waals surface area contributed by atoms with Gasteiger partial charge in [-0.3, -0.25) is 4.79 Å². The maximum atomic E-state index is 12.4. The van der Waals surface area contributed by atoms with Crippen LogP contribution in [-0.2, 0) is 4.74 Å². The van der Waals surface area contributed by atoms with E-state index in [0.717, 1.165) is 17.5 Å². The molecule has 0 bridgehead atoms. The Kier molecular flexibility index (Phi) is 6.78. The summed E-state index contributed by atoms with van der Waals surface area (Å²) in [4.78, 5) is 14.1. The van der Waals surface area contributed by atoms with E-state index in [9.17, 15) is 4.79 Å². The van der Waals surface area contributed by atoms with Crippen LogP contribution in [0.5, 0.6) is 0 Å². The fourth-order valence-electron chi connectivity index (χ4n) is 1.90. The van der Waals surface area contributed by atoms with E-state index in [1.165, 1.54) is 0 Å². The van der Waals surface area contributed by atoms with Crippen molar-refractivity contribution in [2.45, 2.75) is 13.3 Å². The lowest BCUT2D eigenvalue weighted by Gasteiger charge is -2.18. The summed E-state index contributed by atoms with van der Waals surface area (Å²) < 4.78 is 5.00. The monoisotopic (exact) mass is 274 g/mol. The summed E-state index contributed by atoms with van der Waals surface area (Å²) in [5.74, 6) is 5.82. The number of methoxy groups -OCH3 is 1. The molecule has 0 aliphatic carbocycles. The Bertz CT molecular complexity index is 515. The van der Waals surface area contributed by atoms with Crippen molar-refractivity contribution in [1.29, 1.82) is 0 Å². The van der Waals surface area contributed by atoms with E-state index >= 15 is 0 Å². The zero-order valence-electron chi connectivity index (χ0n) is 12.4. The van der Waals surface area contributed by atoms with Gasteiger partial charge >= 0.3 is 0 Å². The highest BCUT2D eigenvalue weighted by atomic mass is 16.5. The number of rotatable bonds is 5. The number of carbonyl (C=O) groups excluding carboxylic acids is 1. The lowest BCUT2D eigenvalue weighted by Crippen LogP contribution is -2.29. The molecule has 1 rings (SSSR count). The van der Waals surface area contributed by atoms with Crippen molar-refractivity contribution in [3.8, 4) is 11.8 Å². The third-order valence-corrected chi connectivity index (χ3v) is 3.08. The molecule has 1 aromatic carbocycles. The Labute approximate surface area is 120 Å². The zero-order valence-corrected chi connectivity index (χ0v) is 12.4. The molecular formula is C16H22N2O2. The minimum Gasteiger partial charge on any atom is -0.385 e. The van der Waals surface area contributed by atoms with Crippen molar-refractivity contribution in [2.75, 3.05) is 33.9 Å². The number of amides is 1. The molecular weight excluding hydrogens is 252 g/mol. The van der Waals surface area contributed by atoms with Gasteiger partial charge in [-0.05, 0) is 31.0 Å². The molecule has 4 heteroatoms. The molecule has 0 saturated heterocycles. The van der Waals surface area contributed by atoms with Crippen molar-refractivity contribution in [3.05, 3.63) is 34.9 Å². The standard InChI is InChI=1S/C16H22N2O2/c1-13-14(8-5-10-17)7-4-9-15(13)16(19)18(2)11-6-12-20-3/h4,7,9H,6,10-12,17H2,1-3H3. The van der Waals surface area contributed by atoms with Gasteiger partial charge in [0.25, 0.3) is 5.91 Å². The van der Waals surface area contributed by atoms with Gasteiger partial charge in [0, 0.05) is 38.4 Å². The van der Waals surface area contributed by atoms with Crippen molar-refractivity contribution < 1.29 is 9.53 Å². The molecule has 108 valence electrons. The van der Waals surface area contributed by atoms with Crippen molar-refractivity contribution >= 4 is 5.91 Å².